The molecule has 0 radical (unpaired) electrons. The van der Waals surface area contributed by atoms with Crippen LogP contribution in [0.15, 0.2) is 11.6 Å². The molecule has 0 bridgehead atoms. The van der Waals surface area contributed by atoms with Crippen molar-refractivity contribution in [2.24, 2.45) is 5.73 Å². The molecule has 0 amide bonds. The summed E-state index contributed by atoms with van der Waals surface area (Å²) >= 11 is 0. The Morgan fingerprint density at radius 3 is 2.72 bits per heavy atom. The van der Waals surface area contributed by atoms with Gasteiger partial charge in [0.2, 0.25) is 0 Å². The van der Waals surface area contributed by atoms with Crippen molar-refractivity contribution in [1.29, 1.82) is 0 Å². The van der Waals surface area contributed by atoms with Crippen LogP contribution in [0.25, 0.3) is 0 Å². The molecule has 1 saturated heterocycles. The molecule has 1 aliphatic carbocycles. The van der Waals surface area contributed by atoms with Crippen LogP contribution in [-0.4, -0.2) is 37.3 Å². The van der Waals surface area contributed by atoms with E-state index in [1.165, 1.54) is 12.0 Å². The quantitative estimate of drug-likeness (QED) is 0.780. The normalized spacial score (nSPS) is 38.4. The summed E-state index contributed by atoms with van der Waals surface area (Å²) in [5.41, 5.74) is 7.43. The van der Waals surface area contributed by atoms with Gasteiger partial charge < -0.3 is 19.9 Å². The SMILES string of the molecule is CCCCC1=CC(N)C(OC)C2OC(C)(C)OC12. The number of rotatable bonds is 4. The average Bonchev–Trinajstić information content (AvgIpc) is 2.61. The molecule has 18 heavy (non-hydrogen) atoms. The van der Waals surface area contributed by atoms with Gasteiger partial charge in [0.25, 0.3) is 0 Å². The van der Waals surface area contributed by atoms with E-state index in [0.29, 0.717) is 0 Å². The highest BCUT2D eigenvalue weighted by Gasteiger charge is 2.50. The van der Waals surface area contributed by atoms with Crippen LogP contribution in [-0.2, 0) is 14.2 Å². The van der Waals surface area contributed by atoms with Gasteiger partial charge in [-0.3, -0.25) is 0 Å². The summed E-state index contributed by atoms with van der Waals surface area (Å²) in [7, 11) is 1.68. The number of nitrogens with two attached hydrogens (primary N) is 1. The van der Waals surface area contributed by atoms with Crippen LogP contribution in [0, 0.1) is 0 Å². The summed E-state index contributed by atoms with van der Waals surface area (Å²) in [6, 6.07) is -0.111. The highest BCUT2D eigenvalue weighted by Crippen LogP contribution is 2.39. The van der Waals surface area contributed by atoms with Gasteiger partial charge in [0, 0.05) is 7.11 Å². The molecule has 2 rings (SSSR count). The third-order valence-corrected chi connectivity index (χ3v) is 3.70. The number of methoxy groups -OCH3 is 1. The molecule has 0 saturated carbocycles. The maximum Gasteiger partial charge on any atom is 0.164 e. The lowest BCUT2D eigenvalue weighted by Gasteiger charge is -2.34. The van der Waals surface area contributed by atoms with E-state index >= 15 is 0 Å². The summed E-state index contributed by atoms with van der Waals surface area (Å²) in [6.07, 6.45) is 5.25. The van der Waals surface area contributed by atoms with Gasteiger partial charge >= 0.3 is 0 Å². The summed E-state index contributed by atoms with van der Waals surface area (Å²) in [5.74, 6) is -0.554. The van der Waals surface area contributed by atoms with Gasteiger partial charge in [0.05, 0.1) is 6.04 Å². The van der Waals surface area contributed by atoms with E-state index in [2.05, 4.69) is 13.0 Å². The first-order valence-electron chi connectivity index (χ1n) is 6.83. The molecule has 1 heterocycles. The average molecular weight is 255 g/mol. The van der Waals surface area contributed by atoms with Crippen LogP contribution in [0.2, 0.25) is 0 Å². The van der Waals surface area contributed by atoms with Crippen LogP contribution in [0.1, 0.15) is 40.0 Å². The van der Waals surface area contributed by atoms with Gasteiger partial charge in [-0.1, -0.05) is 19.4 Å². The van der Waals surface area contributed by atoms with Crippen molar-refractivity contribution in [1.82, 2.24) is 0 Å². The zero-order valence-electron chi connectivity index (χ0n) is 11.8. The first kappa shape index (κ1) is 14.0. The minimum Gasteiger partial charge on any atom is -0.377 e. The molecule has 104 valence electrons. The molecular formula is C14H25NO3. The highest BCUT2D eigenvalue weighted by molar-refractivity contribution is 5.23. The number of unbranched alkanes of at least 4 members (excludes halogenated alkanes) is 1. The number of hydrogen-bond acceptors (Lipinski definition) is 4. The standard InChI is InChI=1S/C14H25NO3/c1-5-6-7-9-8-10(15)12(16-4)13-11(9)17-14(2,3)18-13/h8,10-13H,5-7,15H2,1-4H3. The van der Waals surface area contributed by atoms with Crippen LogP contribution in [0.3, 0.4) is 0 Å². The summed E-state index contributed by atoms with van der Waals surface area (Å²) in [4.78, 5) is 0. The molecular weight excluding hydrogens is 230 g/mol. The Bertz CT molecular complexity index is 327. The third kappa shape index (κ3) is 2.62. The fourth-order valence-corrected chi connectivity index (χ4v) is 2.87. The van der Waals surface area contributed by atoms with E-state index in [4.69, 9.17) is 19.9 Å². The second kappa shape index (κ2) is 5.29. The van der Waals surface area contributed by atoms with Crippen LogP contribution in [0.4, 0.5) is 0 Å². The van der Waals surface area contributed by atoms with E-state index in [1.807, 2.05) is 13.8 Å². The van der Waals surface area contributed by atoms with Gasteiger partial charge in [-0.15, -0.1) is 0 Å². The van der Waals surface area contributed by atoms with Gasteiger partial charge in [-0.25, -0.2) is 0 Å². The zero-order valence-corrected chi connectivity index (χ0v) is 11.8. The Morgan fingerprint density at radius 2 is 2.11 bits per heavy atom. The fourth-order valence-electron chi connectivity index (χ4n) is 2.87. The van der Waals surface area contributed by atoms with Gasteiger partial charge in [0.1, 0.15) is 18.3 Å². The second-order valence-electron chi connectivity index (χ2n) is 5.64. The lowest BCUT2D eigenvalue weighted by molar-refractivity contribution is -0.155. The molecule has 4 nitrogen and oxygen atoms in total. The fraction of sp³-hybridized carbons (Fsp3) is 0.857. The number of ether oxygens (including phenoxy) is 3. The molecule has 4 heteroatoms. The molecule has 1 aliphatic heterocycles. The summed E-state index contributed by atoms with van der Waals surface area (Å²) in [5, 5.41) is 0. The summed E-state index contributed by atoms with van der Waals surface area (Å²) < 4.78 is 17.5. The van der Waals surface area contributed by atoms with Gasteiger partial charge in [-0.2, -0.15) is 0 Å². The number of fused-ring (bicyclic) bond motifs is 1. The van der Waals surface area contributed by atoms with Crippen LogP contribution < -0.4 is 5.73 Å². The monoisotopic (exact) mass is 255 g/mol. The van der Waals surface area contributed by atoms with Gasteiger partial charge in [0.15, 0.2) is 5.79 Å². The highest BCUT2D eigenvalue weighted by atomic mass is 16.8. The van der Waals surface area contributed by atoms with Crippen molar-refractivity contribution < 1.29 is 14.2 Å². The smallest absolute Gasteiger partial charge is 0.164 e. The summed E-state index contributed by atoms with van der Waals surface area (Å²) in [6.45, 7) is 6.08. The zero-order chi connectivity index (χ0) is 13.3. The van der Waals surface area contributed by atoms with Crippen molar-refractivity contribution in [3.63, 3.8) is 0 Å². The molecule has 0 aromatic heterocycles. The largest absolute Gasteiger partial charge is 0.377 e. The third-order valence-electron chi connectivity index (χ3n) is 3.70. The minimum atomic E-state index is -0.554. The van der Waals surface area contributed by atoms with Crippen LogP contribution >= 0.6 is 0 Å². The van der Waals surface area contributed by atoms with E-state index in [1.54, 1.807) is 7.11 Å². The Labute approximate surface area is 109 Å². The molecule has 0 aromatic rings. The van der Waals surface area contributed by atoms with Crippen LogP contribution in [0.5, 0.6) is 0 Å². The Hall–Kier alpha value is -0.420. The lowest BCUT2D eigenvalue weighted by atomic mass is 9.86. The van der Waals surface area contributed by atoms with Crippen molar-refractivity contribution in [2.75, 3.05) is 7.11 Å². The first-order valence-corrected chi connectivity index (χ1v) is 6.83. The van der Waals surface area contributed by atoms with Gasteiger partial charge in [-0.05, 0) is 32.3 Å². The maximum atomic E-state index is 6.16. The predicted molar refractivity (Wildman–Crippen MR) is 70.2 cm³/mol. The topological polar surface area (TPSA) is 53.7 Å². The Morgan fingerprint density at radius 1 is 1.39 bits per heavy atom. The van der Waals surface area contributed by atoms with E-state index in [9.17, 15) is 0 Å². The van der Waals surface area contributed by atoms with E-state index < -0.39 is 5.79 Å². The lowest BCUT2D eigenvalue weighted by Crippen LogP contribution is -2.51. The van der Waals surface area contributed by atoms with Crippen molar-refractivity contribution in [2.45, 2.75) is 70.2 Å². The second-order valence-corrected chi connectivity index (χ2v) is 5.64. The first-order chi connectivity index (χ1) is 8.48. The van der Waals surface area contributed by atoms with Crippen molar-refractivity contribution in [3.8, 4) is 0 Å². The minimum absolute atomic E-state index is 0.00343. The van der Waals surface area contributed by atoms with Crippen molar-refractivity contribution >= 4 is 0 Å². The van der Waals surface area contributed by atoms with E-state index in [-0.39, 0.29) is 24.4 Å². The molecule has 2 aliphatic rings. The number of hydrogen-bond donors (Lipinski definition) is 1. The molecule has 4 unspecified atom stereocenters. The molecule has 2 N–H and O–H groups in total. The van der Waals surface area contributed by atoms with Crippen molar-refractivity contribution in [3.05, 3.63) is 11.6 Å². The Kier molecular flexibility index (Phi) is 4.11. The predicted octanol–water partition coefficient (Wildman–Crippen LogP) is 1.98. The molecule has 4 atom stereocenters. The maximum absolute atomic E-state index is 6.16. The Balaban J connectivity index is 2.21. The molecule has 0 spiro atoms. The molecule has 0 aromatic carbocycles. The van der Waals surface area contributed by atoms with E-state index in [0.717, 1.165) is 12.8 Å². The molecule has 1 fully saturated rings.